The molecule has 2 aliphatic rings. The molecule has 2 aliphatic carbocycles. The van der Waals surface area contributed by atoms with Gasteiger partial charge in [0.2, 0.25) is 11.8 Å². The number of carbonyl (C=O) groups excluding carboxylic acids is 2. The van der Waals surface area contributed by atoms with Crippen LogP contribution in [0.3, 0.4) is 0 Å². The maximum atomic E-state index is 12.3. The minimum absolute atomic E-state index is 0.0281. The molecule has 0 radical (unpaired) electrons. The van der Waals surface area contributed by atoms with E-state index in [1.807, 2.05) is 13.8 Å². The molecule has 5 unspecified atom stereocenters. The first-order valence-corrected chi connectivity index (χ1v) is 7.73. The molecule has 20 heavy (non-hydrogen) atoms. The minimum Gasteiger partial charge on any atom is -0.354 e. The SMILES string of the molecule is CC(C)CNC(=O)C(C)NC(=O)C1C2CCC(C2)C1N. The molecule has 0 spiro atoms. The molecule has 2 saturated carbocycles. The van der Waals surface area contributed by atoms with Crippen molar-refractivity contribution in [3.05, 3.63) is 0 Å². The normalized spacial score (nSPS) is 33.2. The van der Waals surface area contributed by atoms with E-state index in [2.05, 4.69) is 10.6 Å². The van der Waals surface area contributed by atoms with Gasteiger partial charge in [-0.25, -0.2) is 0 Å². The summed E-state index contributed by atoms with van der Waals surface area (Å²) in [6.45, 7) is 6.44. The van der Waals surface area contributed by atoms with Gasteiger partial charge in [0.05, 0.1) is 5.92 Å². The van der Waals surface area contributed by atoms with Crippen LogP contribution in [0.1, 0.15) is 40.0 Å². The lowest BCUT2D eigenvalue weighted by molar-refractivity contribution is -0.132. The Morgan fingerprint density at radius 3 is 2.40 bits per heavy atom. The lowest BCUT2D eigenvalue weighted by atomic mass is 9.84. The van der Waals surface area contributed by atoms with Crippen LogP contribution in [-0.2, 0) is 9.59 Å². The van der Waals surface area contributed by atoms with E-state index in [-0.39, 0.29) is 23.8 Å². The Morgan fingerprint density at radius 1 is 1.20 bits per heavy atom. The van der Waals surface area contributed by atoms with Crippen LogP contribution in [0.15, 0.2) is 0 Å². The summed E-state index contributed by atoms with van der Waals surface area (Å²) in [6.07, 6.45) is 3.33. The van der Waals surface area contributed by atoms with Crippen LogP contribution in [-0.4, -0.2) is 30.4 Å². The second-order valence-electron chi connectivity index (χ2n) is 6.81. The zero-order chi connectivity index (χ0) is 14.9. The first kappa shape index (κ1) is 15.3. The number of fused-ring (bicyclic) bond motifs is 2. The van der Waals surface area contributed by atoms with Crippen molar-refractivity contribution in [2.24, 2.45) is 29.4 Å². The van der Waals surface area contributed by atoms with Gasteiger partial charge in [0, 0.05) is 12.6 Å². The summed E-state index contributed by atoms with van der Waals surface area (Å²) in [7, 11) is 0. The van der Waals surface area contributed by atoms with E-state index in [1.165, 1.54) is 0 Å². The largest absolute Gasteiger partial charge is 0.354 e. The summed E-state index contributed by atoms with van der Waals surface area (Å²) >= 11 is 0. The summed E-state index contributed by atoms with van der Waals surface area (Å²) in [5.74, 6) is 1.05. The number of hydrogen-bond acceptors (Lipinski definition) is 3. The second kappa shape index (κ2) is 6.12. The molecule has 2 fully saturated rings. The van der Waals surface area contributed by atoms with E-state index in [1.54, 1.807) is 6.92 Å². The first-order valence-electron chi connectivity index (χ1n) is 7.73. The summed E-state index contributed by atoms with van der Waals surface area (Å²) in [5, 5.41) is 5.67. The number of hydrogen-bond donors (Lipinski definition) is 3. The van der Waals surface area contributed by atoms with Crippen LogP contribution in [0, 0.1) is 23.7 Å². The van der Waals surface area contributed by atoms with Crippen LogP contribution >= 0.6 is 0 Å². The van der Waals surface area contributed by atoms with E-state index >= 15 is 0 Å². The van der Waals surface area contributed by atoms with Crippen LogP contribution in [0.4, 0.5) is 0 Å². The van der Waals surface area contributed by atoms with Gasteiger partial charge in [0.1, 0.15) is 6.04 Å². The van der Waals surface area contributed by atoms with E-state index in [4.69, 9.17) is 5.73 Å². The lowest BCUT2D eigenvalue weighted by Crippen LogP contribution is -2.51. The third-order valence-corrected chi connectivity index (χ3v) is 4.72. The van der Waals surface area contributed by atoms with E-state index in [9.17, 15) is 9.59 Å². The molecule has 0 aromatic carbocycles. The van der Waals surface area contributed by atoms with E-state index in [0.717, 1.165) is 19.3 Å². The van der Waals surface area contributed by atoms with Gasteiger partial charge in [-0.1, -0.05) is 13.8 Å². The zero-order valence-electron chi connectivity index (χ0n) is 12.7. The Morgan fingerprint density at radius 2 is 1.85 bits per heavy atom. The molecule has 114 valence electrons. The maximum absolute atomic E-state index is 12.3. The standard InChI is InChI=1S/C15H27N3O2/c1-8(2)7-17-14(19)9(3)18-15(20)12-10-4-5-11(6-10)13(12)16/h8-13H,4-7,16H2,1-3H3,(H,17,19)(H,18,20). The van der Waals surface area contributed by atoms with Gasteiger partial charge in [-0.3, -0.25) is 9.59 Å². The predicted octanol–water partition coefficient (Wildman–Crippen LogP) is 0.637. The molecule has 2 amide bonds. The van der Waals surface area contributed by atoms with E-state index < -0.39 is 6.04 Å². The molecule has 5 atom stereocenters. The van der Waals surface area contributed by atoms with Gasteiger partial charge >= 0.3 is 0 Å². The first-order chi connectivity index (χ1) is 9.40. The summed E-state index contributed by atoms with van der Waals surface area (Å²) in [4.78, 5) is 24.2. The molecule has 0 saturated heterocycles. The monoisotopic (exact) mass is 281 g/mol. The molecular weight excluding hydrogens is 254 g/mol. The highest BCUT2D eigenvalue weighted by Crippen LogP contribution is 2.47. The van der Waals surface area contributed by atoms with Crippen molar-refractivity contribution >= 4 is 11.8 Å². The molecule has 0 heterocycles. The van der Waals surface area contributed by atoms with Gasteiger partial charge in [0.15, 0.2) is 0 Å². The smallest absolute Gasteiger partial charge is 0.242 e. The predicted molar refractivity (Wildman–Crippen MR) is 77.7 cm³/mol. The molecule has 5 heteroatoms. The van der Waals surface area contributed by atoms with Crippen molar-refractivity contribution < 1.29 is 9.59 Å². The molecule has 0 aromatic heterocycles. The molecule has 5 nitrogen and oxygen atoms in total. The number of rotatable bonds is 5. The van der Waals surface area contributed by atoms with Crippen LogP contribution in [0.5, 0.6) is 0 Å². The highest BCUT2D eigenvalue weighted by molar-refractivity contribution is 5.88. The summed E-state index contributed by atoms with van der Waals surface area (Å²) < 4.78 is 0. The molecular formula is C15H27N3O2. The molecule has 4 N–H and O–H groups in total. The average Bonchev–Trinajstić information content (AvgIpc) is 2.95. The minimum atomic E-state index is -0.493. The molecule has 0 aromatic rings. The highest BCUT2D eigenvalue weighted by Gasteiger charge is 2.49. The van der Waals surface area contributed by atoms with Gasteiger partial charge in [-0.2, -0.15) is 0 Å². The van der Waals surface area contributed by atoms with Crippen molar-refractivity contribution in [1.29, 1.82) is 0 Å². The third kappa shape index (κ3) is 3.14. The number of nitrogens with two attached hydrogens (primary N) is 1. The Hall–Kier alpha value is -1.10. The third-order valence-electron chi connectivity index (χ3n) is 4.72. The van der Waals surface area contributed by atoms with Crippen LogP contribution < -0.4 is 16.4 Å². The van der Waals surface area contributed by atoms with Crippen molar-refractivity contribution in [2.45, 2.75) is 52.1 Å². The Labute approximate surface area is 121 Å². The van der Waals surface area contributed by atoms with Gasteiger partial charge in [-0.05, 0) is 43.9 Å². The van der Waals surface area contributed by atoms with Gasteiger partial charge < -0.3 is 16.4 Å². The van der Waals surface area contributed by atoms with Crippen LogP contribution in [0.25, 0.3) is 0 Å². The highest BCUT2D eigenvalue weighted by atomic mass is 16.2. The summed E-state index contributed by atoms with van der Waals surface area (Å²) in [6, 6.07) is -0.521. The van der Waals surface area contributed by atoms with E-state index in [0.29, 0.717) is 24.3 Å². The van der Waals surface area contributed by atoms with Gasteiger partial charge in [0.25, 0.3) is 0 Å². The molecule has 2 bridgehead atoms. The molecule has 0 aliphatic heterocycles. The Kier molecular flexibility index (Phi) is 4.68. The second-order valence-corrected chi connectivity index (χ2v) is 6.81. The molecule has 2 rings (SSSR count). The van der Waals surface area contributed by atoms with Crippen molar-refractivity contribution in [3.8, 4) is 0 Å². The number of nitrogens with one attached hydrogen (secondary N) is 2. The quantitative estimate of drug-likeness (QED) is 0.691. The zero-order valence-corrected chi connectivity index (χ0v) is 12.7. The van der Waals surface area contributed by atoms with Crippen LogP contribution in [0.2, 0.25) is 0 Å². The fourth-order valence-corrected chi connectivity index (χ4v) is 3.56. The lowest BCUT2D eigenvalue weighted by Gasteiger charge is -2.28. The number of amides is 2. The Bertz CT molecular complexity index is 381. The Balaban J connectivity index is 1.83. The summed E-state index contributed by atoms with van der Waals surface area (Å²) in [5.41, 5.74) is 6.15. The van der Waals surface area contributed by atoms with Gasteiger partial charge in [-0.15, -0.1) is 0 Å². The average molecular weight is 281 g/mol. The fourth-order valence-electron chi connectivity index (χ4n) is 3.56. The number of carbonyl (C=O) groups is 2. The topological polar surface area (TPSA) is 84.2 Å². The fraction of sp³-hybridized carbons (Fsp3) is 0.867. The van der Waals surface area contributed by atoms with Crippen molar-refractivity contribution in [2.75, 3.05) is 6.54 Å². The maximum Gasteiger partial charge on any atom is 0.242 e. The van der Waals surface area contributed by atoms with Crippen molar-refractivity contribution in [1.82, 2.24) is 10.6 Å². The van der Waals surface area contributed by atoms with Crippen molar-refractivity contribution in [3.63, 3.8) is 0 Å².